The van der Waals surface area contributed by atoms with Crippen LogP contribution >= 0.6 is 0 Å². The average molecular weight is 271 g/mol. The van der Waals surface area contributed by atoms with Crippen LogP contribution in [-0.4, -0.2) is 16.1 Å². The molecule has 1 N–H and O–H groups in total. The van der Waals surface area contributed by atoms with E-state index in [4.69, 9.17) is 0 Å². The van der Waals surface area contributed by atoms with Gasteiger partial charge in [-0.25, -0.2) is 4.98 Å². The van der Waals surface area contributed by atoms with E-state index in [0.717, 1.165) is 18.8 Å². The highest BCUT2D eigenvalue weighted by atomic mass is 15.1. The summed E-state index contributed by atoms with van der Waals surface area (Å²) >= 11 is 0. The summed E-state index contributed by atoms with van der Waals surface area (Å²) in [7, 11) is 2.06. The van der Waals surface area contributed by atoms with Crippen molar-refractivity contribution in [2.24, 2.45) is 7.05 Å². The molecule has 0 saturated heterocycles. The highest BCUT2D eigenvalue weighted by Crippen LogP contribution is 2.35. The Morgan fingerprint density at radius 3 is 2.50 bits per heavy atom. The fourth-order valence-corrected chi connectivity index (χ4v) is 2.65. The molecule has 1 unspecified atom stereocenters. The molecule has 0 amide bonds. The smallest absolute Gasteiger partial charge is 0.126 e. The van der Waals surface area contributed by atoms with Gasteiger partial charge in [0, 0.05) is 24.9 Å². The molecule has 0 bridgehead atoms. The largest absolute Gasteiger partial charge is 0.337 e. The predicted octanol–water partition coefficient (Wildman–Crippen LogP) is 3.44. The molecule has 0 fully saturated rings. The summed E-state index contributed by atoms with van der Waals surface area (Å²) in [6, 6.07) is 10.9. The van der Waals surface area contributed by atoms with Crippen molar-refractivity contribution in [1.82, 2.24) is 14.9 Å². The molecule has 0 aliphatic carbocycles. The SMILES string of the molecule is CCCNC(c1nccn1C)C(C)(C)c1ccccc1. The van der Waals surface area contributed by atoms with E-state index in [1.165, 1.54) is 5.56 Å². The van der Waals surface area contributed by atoms with Gasteiger partial charge in [-0.3, -0.25) is 0 Å². The zero-order chi connectivity index (χ0) is 14.6. The minimum absolute atomic E-state index is 0.0183. The van der Waals surface area contributed by atoms with Gasteiger partial charge in [0.25, 0.3) is 0 Å². The third kappa shape index (κ3) is 2.93. The predicted molar refractivity (Wildman–Crippen MR) is 83.7 cm³/mol. The fourth-order valence-electron chi connectivity index (χ4n) is 2.65. The van der Waals surface area contributed by atoms with Crippen molar-refractivity contribution in [1.29, 1.82) is 0 Å². The highest BCUT2D eigenvalue weighted by molar-refractivity contribution is 5.28. The van der Waals surface area contributed by atoms with Crippen LogP contribution in [0.3, 0.4) is 0 Å². The monoisotopic (exact) mass is 271 g/mol. The minimum Gasteiger partial charge on any atom is -0.337 e. The van der Waals surface area contributed by atoms with Gasteiger partial charge in [0.05, 0.1) is 6.04 Å². The van der Waals surface area contributed by atoms with E-state index in [-0.39, 0.29) is 11.5 Å². The molecule has 3 nitrogen and oxygen atoms in total. The van der Waals surface area contributed by atoms with E-state index in [1.807, 2.05) is 12.4 Å². The molecule has 0 saturated carbocycles. The Morgan fingerprint density at radius 1 is 1.25 bits per heavy atom. The van der Waals surface area contributed by atoms with Gasteiger partial charge in [-0.2, -0.15) is 0 Å². The van der Waals surface area contributed by atoms with Crippen LogP contribution in [0.2, 0.25) is 0 Å². The summed E-state index contributed by atoms with van der Waals surface area (Å²) in [6.07, 6.45) is 5.00. The van der Waals surface area contributed by atoms with Crippen LogP contribution in [0.1, 0.15) is 44.6 Å². The van der Waals surface area contributed by atoms with Gasteiger partial charge in [-0.15, -0.1) is 0 Å². The maximum atomic E-state index is 4.56. The van der Waals surface area contributed by atoms with Crippen molar-refractivity contribution >= 4 is 0 Å². The highest BCUT2D eigenvalue weighted by Gasteiger charge is 2.34. The molecule has 0 spiro atoms. The number of nitrogens with one attached hydrogen (secondary N) is 1. The molecule has 0 radical (unpaired) electrons. The van der Waals surface area contributed by atoms with Crippen LogP contribution in [0.4, 0.5) is 0 Å². The maximum absolute atomic E-state index is 4.56. The van der Waals surface area contributed by atoms with Gasteiger partial charge < -0.3 is 9.88 Å². The molecule has 0 aliphatic rings. The Hall–Kier alpha value is -1.61. The van der Waals surface area contributed by atoms with E-state index in [1.54, 1.807) is 0 Å². The molecule has 2 rings (SSSR count). The Morgan fingerprint density at radius 2 is 1.95 bits per heavy atom. The second-order valence-corrected chi connectivity index (χ2v) is 5.87. The molecular weight excluding hydrogens is 246 g/mol. The van der Waals surface area contributed by atoms with Gasteiger partial charge in [0.1, 0.15) is 5.82 Å². The Kier molecular flexibility index (Phi) is 4.61. The van der Waals surface area contributed by atoms with Crippen molar-refractivity contribution < 1.29 is 0 Å². The lowest BCUT2D eigenvalue weighted by Gasteiger charge is -2.35. The van der Waals surface area contributed by atoms with Crippen LogP contribution < -0.4 is 5.32 Å². The lowest BCUT2D eigenvalue weighted by Crippen LogP contribution is -2.39. The van der Waals surface area contributed by atoms with Gasteiger partial charge in [0.15, 0.2) is 0 Å². The normalized spacial score (nSPS) is 13.4. The second-order valence-electron chi connectivity index (χ2n) is 5.87. The minimum atomic E-state index is -0.0183. The molecule has 1 atom stereocenters. The Labute approximate surface area is 122 Å². The standard InChI is InChI=1S/C17H25N3/c1-5-11-18-15(16-19-12-13-20(16)4)17(2,3)14-9-7-6-8-10-14/h6-10,12-13,15,18H,5,11H2,1-4H3. The summed E-state index contributed by atoms with van der Waals surface area (Å²) in [4.78, 5) is 4.56. The number of rotatable bonds is 6. The summed E-state index contributed by atoms with van der Waals surface area (Å²) < 4.78 is 2.11. The summed E-state index contributed by atoms with van der Waals surface area (Å²) in [5.41, 5.74) is 1.31. The summed E-state index contributed by atoms with van der Waals surface area (Å²) in [5.74, 6) is 1.09. The van der Waals surface area contributed by atoms with Crippen molar-refractivity contribution in [2.75, 3.05) is 6.54 Å². The molecule has 20 heavy (non-hydrogen) atoms. The first-order chi connectivity index (χ1) is 9.57. The quantitative estimate of drug-likeness (QED) is 0.872. The number of nitrogens with zero attached hydrogens (tertiary/aromatic N) is 2. The molecule has 1 aromatic carbocycles. The van der Waals surface area contributed by atoms with E-state index in [2.05, 4.69) is 73.0 Å². The molecular formula is C17H25N3. The molecule has 2 aromatic rings. The van der Waals surface area contributed by atoms with Crippen LogP contribution in [0.15, 0.2) is 42.7 Å². The number of aryl methyl sites for hydroxylation is 1. The zero-order valence-corrected chi connectivity index (χ0v) is 12.9. The first-order valence-corrected chi connectivity index (χ1v) is 7.33. The first kappa shape index (κ1) is 14.8. The van der Waals surface area contributed by atoms with Gasteiger partial charge >= 0.3 is 0 Å². The third-order valence-corrected chi connectivity index (χ3v) is 3.95. The summed E-state index contributed by atoms with van der Waals surface area (Å²) in [6.45, 7) is 7.75. The maximum Gasteiger partial charge on any atom is 0.126 e. The topological polar surface area (TPSA) is 29.9 Å². The molecule has 1 heterocycles. The van der Waals surface area contributed by atoms with E-state index >= 15 is 0 Å². The van der Waals surface area contributed by atoms with Crippen LogP contribution in [0.5, 0.6) is 0 Å². The molecule has 3 heteroatoms. The van der Waals surface area contributed by atoms with Gasteiger partial charge in [-0.1, -0.05) is 51.1 Å². The number of imidazole rings is 1. The van der Waals surface area contributed by atoms with Crippen molar-refractivity contribution in [2.45, 2.75) is 38.6 Å². The van der Waals surface area contributed by atoms with E-state index in [9.17, 15) is 0 Å². The zero-order valence-electron chi connectivity index (χ0n) is 12.9. The Bertz CT molecular complexity index is 528. The van der Waals surface area contributed by atoms with E-state index in [0.29, 0.717) is 0 Å². The van der Waals surface area contributed by atoms with Crippen LogP contribution in [0, 0.1) is 0 Å². The van der Waals surface area contributed by atoms with Crippen molar-refractivity contribution in [3.8, 4) is 0 Å². The second kappa shape index (κ2) is 6.23. The van der Waals surface area contributed by atoms with Gasteiger partial charge in [-0.05, 0) is 18.5 Å². The van der Waals surface area contributed by atoms with Crippen LogP contribution in [-0.2, 0) is 12.5 Å². The van der Waals surface area contributed by atoms with Crippen molar-refractivity contribution in [3.63, 3.8) is 0 Å². The molecule has 0 aliphatic heterocycles. The molecule has 108 valence electrons. The number of aromatic nitrogens is 2. The lowest BCUT2D eigenvalue weighted by atomic mass is 9.77. The number of hydrogen-bond donors (Lipinski definition) is 1. The molecule has 1 aromatic heterocycles. The first-order valence-electron chi connectivity index (χ1n) is 7.33. The average Bonchev–Trinajstić information content (AvgIpc) is 2.86. The van der Waals surface area contributed by atoms with Crippen molar-refractivity contribution in [3.05, 3.63) is 54.1 Å². The van der Waals surface area contributed by atoms with Gasteiger partial charge in [0.2, 0.25) is 0 Å². The van der Waals surface area contributed by atoms with E-state index < -0.39 is 0 Å². The fraction of sp³-hybridized carbons (Fsp3) is 0.471. The summed E-state index contributed by atoms with van der Waals surface area (Å²) in [5, 5.41) is 3.67. The number of benzene rings is 1. The third-order valence-electron chi connectivity index (χ3n) is 3.95. The Balaban J connectivity index is 2.38. The number of hydrogen-bond acceptors (Lipinski definition) is 2. The lowest BCUT2D eigenvalue weighted by molar-refractivity contribution is 0.328. The van der Waals surface area contributed by atoms with Crippen LogP contribution in [0.25, 0.3) is 0 Å².